The number of ether oxygens (including phenoxy) is 1. The van der Waals surface area contributed by atoms with Crippen molar-refractivity contribution < 1.29 is 19.1 Å². The molecule has 5 nitrogen and oxygen atoms in total. The molecule has 1 fully saturated rings. The van der Waals surface area contributed by atoms with Gasteiger partial charge >= 0.3 is 0 Å². The van der Waals surface area contributed by atoms with Gasteiger partial charge in [0.2, 0.25) is 0 Å². The quantitative estimate of drug-likeness (QED) is 0.641. The summed E-state index contributed by atoms with van der Waals surface area (Å²) in [6.07, 6.45) is 5.27. The van der Waals surface area contributed by atoms with Crippen LogP contribution >= 0.6 is 0 Å². The first-order valence-corrected chi connectivity index (χ1v) is 8.73. The van der Waals surface area contributed by atoms with Crippen molar-refractivity contribution in [2.75, 3.05) is 13.2 Å². The zero-order valence-electron chi connectivity index (χ0n) is 14.1. The van der Waals surface area contributed by atoms with Crippen LogP contribution in [-0.2, 0) is 17.7 Å². The molecule has 0 spiro atoms. The van der Waals surface area contributed by atoms with E-state index in [4.69, 9.17) is 9.94 Å². The SMILES string of the molecule is CCCOC1CCC(N2CCc3cc(C(=O)NO)cc(F)c3C2)C1. The molecule has 2 N–H and O–H groups in total. The minimum absolute atomic E-state index is 0.163. The second-order valence-electron chi connectivity index (χ2n) is 6.72. The van der Waals surface area contributed by atoms with Gasteiger partial charge in [-0.1, -0.05) is 6.92 Å². The third kappa shape index (κ3) is 3.61. The van der Waals surface area contributed by atoms with Crippen molar-refractivity contribution in [3.63, 3.8) is 0 Å². The van der Waals surface area contributed by atoms with Gasteiger partial charge in [-0.2, -0.15) is 0 Å². The number of amides is 1. The summed E-state index contributed by atoms with van der Waals surface area (Å²) in [7, 11) is 0. The van der Waals surface area contributed by atoms with Crippen LogP contribution in [0.5, 0.6) is 0 Å². The lowest BCUT2D eigenvalue weighted by Gasteiger charge is -2.34. The molecule has 0 radical (unpaired) electrons. The minimum atomic E-state index is -0.675. The Labute approximate surface area is 141 Å². The number of nitrogens with zero attached hydrogens (tertiary/aromatic N) is 1. The first-order valence-electron chi connectivity index (χ1n) is 8.73. The van der Waals surface area contributed by atoms with Gasteiger partial charge < -0.3 is 4.74 Å². The van der Waals surface area contributed by atoms with Crippen LogP contribution in [0.1, 0.15) is 54.1 Å². The Morgan fingerprint density at radius 1 is 1.46 bits per heavy atom. The van der Waals surface area contributed by atoms with Crippen LogP contribution in [0, 0.1) is 5.82 Å². The van der Waals surface area contributed by atoms with Crippen LogP contribution < -0.4 is 5.48 Å². The van der Waals surface area contributed by atoms with E-state index in [1.807, 2.05) is 0 Å². The standard InChI is InChI=1S/C18H25FN2O3/c1-2-7-24-15-4-3-14(10-15)21-6-5-12-8-13(18(22)20-23)9-17(19)16(12)11-21/h8-9,14-15,23H,2-7,10-11H2,1H3,(H,20,22). The van der Waals surface area contributed by atoms with Crippen LogP contribution in [0.3, 0.4) is 0 Å². The van der Waals surface area contributed by atoms with Crippen LogP contribution in [0.15, 0.2) is 12.1 Å². The normalized spacial score (nSPS) is 24.0. The number of halogens is 1. The van der Waals surface area contributed by atoms with E-state index in [1.54, 1.807) is 11.5 Å². The molecule has 1 aliphatic carbocycles. The van der Waals surface area contributed by atoms with Gasteiger partial charge in [0, 0.05) is 36.9 Å². The number of carbonyl (C=O) groups excluding carboxylic acids is 1. The number of hydroxylamine groups is 1. The average molecular weight is 336 g/mol. The molecule has 1 saturated carbocycles. The Bertz CT molecular complexity index is 608. The molecular weight excluding hydrogens is 311 g/mol. The molecule has 1 aliphatic heterocycles. The highest BCUT2D eigenvalue weighted by Crippen LogP contribution is 2.31. The molecule has 2 aliphatic rings. The lowest BCUT2D eigenvalue weighted by Crippen LogP contribution is -2.39. The van der Waals surface area contributed by atoms with E-state index < -0.39 is 5.91 Å². The number of carbonyl (C=O) groups is 1. The largest absolute Gasteiger partial charge is 0.378 e. The monoisotopic (exact) mass is 336 g/mol. The molecular formula is C18H25FN2O3. The Morgan fingerprint density at radius 2 is 2.29 bits per heavy atom. The smallest absolute Gasteiger partial charge is 0.274 e. The summed E-state index contributed by atoms with van der Waals surface area (Å²) in [5.41, 5.74) is 3.26. The minimum Gasteiger partial charge on any atom is -0.378 e. The van der Waals surface area contributed by atoms with Crippen molar-refractivity contribution in [3.8, 4) is 0 Å². The predicted molar refractivity (Wildman–Crippen MR) is 87.4 cm³/mol. The van der Waals surface area contributed by atoms with E-state index in [1.165, 1.54) is 6.07 Å². The van der Waals surface area contributed by atoms with Gasteiger partial charge in [-0.3, -0.25) is 14.9 Å². The van der Waals surface area contributed by atoms with Crippen molar-refractivity contribution in [1.29, 1.82) is 0 Å². The number of nitrogens with one attached hydrogen (secondary N) is 1. The van der Waals surface area contributed by atoms with Gasteiger partial charge in [0.15, 0.2) is 0 Å². The van der Waals surface area contributed by atoms with Gasteiger partial charge in [0.25, 0.3) is 5.91 Å². The highest BCUT2D eigenvalue weighted by atomic mass is 19.1. The summed E-state index contributed by atoms with van der Waals surface area (Å²) in [5.74, 6) is -1.04. The number of hydrogen-bond acceptors (Lipinski definition) is 4. The highest BCUT2D eigenvalue weighted by Gasteiger charge is 2.32. The van der Waals surface area contributed by atoms with Crippen LogP contribution in [-0.4, -0.2) is 41.3 Å². The molecule has 6 heteroatoms. The first kappa shape index (κ1) is 17.3. The maximum Gasteiger partial charge on any atom is 0.274 e. The Balaban J connectivity index is 1.68. The lowest BCUT2D eigenvalue weighted by atomic mass is 9.95. The summed E-state index contributed by atoms with van der Waals surface area (Å²) in [6.45, 7) is 4.36. The molecule has 1 heterocycles. The molecule has 0 saturated heterocycles. The number of fused-ring (bicyclic) bond motifs is 1. The maximum atomic E-state index is 14.4. The fourth-order valence-corrected chi connectivity index (χ4v) is 3.83. The van der Waals surface area contributed by atoms with E-state index in [2.05, 4.69) is 11.8 Å². The topological polar surface area (TPSA) is 61.8 Å². The Hall–Kier alpha value is -1.50. The van der Waals surface area contributed by atoms with Crippen molar-refractivity contribution >= 4 is 5.91 Å². The Kier molecular flexibility index (Phi) is 5.48. The summed E-state index contributed by atoms with van der Waals surface area (Å²) >= 11 is 0. The summed E-state index contributed by atoms with van der Waals surface area (Å²) < 4.78 is 20.3. The van der Waals surface area contributed by atoms with E-state index in [0.717, 1.165) is 50.8 Å². The van der Waals surface area contributed by atoms with E-state index >= 15 is 0 Å². The summed E-state index contributed by atoms with van der Waals surface area (Å²) in [4.78, 5) is 13.8. The second kappa shape index (κ2) is 7.59. The Morgan fingerprint density at radius 3 is 3.04 bits per heavy atom. The molecule has 1 aromatic rings. The third-order valence-electron chi connectivity index (χ3n) is 5.11. The van der Waals surface area contributed by atoms with Crippen molar-refractivity contribution in [2.45, 2.75) is 57.7 Å². The molecule has 3 rings (SSSR count). The predicted octanol–water partition coefficient (Wildman–Crippen LogP) is 2.65. The van der Waals surface area contributed by atoms with E-state index in [9.17, 15) is 9.18 Å². The van der Waals surface area contributed by atoms with E-state index in [0.29, 0.717) is 24.3 Å². The number of benzene rings is 1. The third-order valence-corrected chi connectivity index (χ3v) is 5.11. The fraction of sp³-hybridized carbons (Fsp3) is 0.611. The number of hydrogen-bond donors (Lipinski definition) is 2. The van der Waals surface area contributed by atoms with Crippen molar-refractivity contribution in [2.24, 2.45) is 0 Å². The molecule has 24 heavy (non-hydrogen) atoms. The van der Waals surface area contributed by atoms with Crippen LogP contribution in [0.25, 0.3) is 0 Å². The summed E-state index contributed by atoms with van der Waals surface area (Å²) in [5, 5.41) is 8.71. The fourth-order valence-electron chi connectivity index (χ4n) is 3.83. The van der Waals surface area contributed by atoms with E-state index in [-0.39, 0.29) is 11.4 Å². The highest BCUT2D eigenvalue weighted by molar-refractivity contribution is 5.93. The van der Waals surface area contributed by atoms with Crippen LogP contribution in [0.2, 0.25) is 0 Å². The van der Waals surface area contributed by atoms with Crippen LogP contribution in [0.4, 0.5) is 4.39 Å². The van der Waals surface area contributed by atoms with Gasteiger partial charge in [-0.05, 0) is 49.8 Å². The summed E-state index contributed by atoms with van der Waals surface area (Å²) in [6, 6.07) is 3.33. The zero-order valence-corrected chi connectivity index (χ0v) is 14.1. The molecule has 0 bridgehead atoms. The molecule has 2 atom stereocenters. The van der Waals surface area contributed by atoms with Gasteiger partial charge in [-0.15, -0.1) is 0 Å². The molecule has 0 aromatic heterocycles. The van der Waals surface area contributed by atoms with Crippen molar-refractivity contribution in [3.05, 3.63) is 34.6 Å². The number of rotatable bonds is 5. The molecule has 1 amide bonds. The second-order valence-corrected chi connectivity index (χ2v) is 6.72. The van der Waals surface area contributed by atoms with Gasteiger partial charge in [0.05, 0.1) is 6.10 Å². The molecule has 132 valence electrons. The molecule has 1 aromatic carbocycles. The van der Waals surface area contributed by atoms with Gasteiger partial charge in [0.1, 0.15) is 5.82 Å². The first-order chi connectivity index (χ1) is 11.6. The maximum absolute atomic E-state index is 14.4. The zero-order chi connectivity index (χ0) is 17.1. The average Bonchev–Trinajstić information content (AvgIpc) is 3.07. The van der Waals surface area contributed by atoms with Crippen molar-refractivity contribution in [1.82, 2.24) is 10.4 Å². The molecule has 2 unspecified atom stereocenters. The van der Waals surface area contributed by atoms with Gasteiger partial charge in [-0.25, -0.2) is 9.87 Å². The lowest BCUT2D eigenvalue weighted by molar-refractivity contribution is 0.0505.